The molecule has 0 radical (unpaired) electrons. The molecule has 96 valence electrons. The van der Waals surface area contributed by atoms with Gasteiger partial charge >= 0.3 is 0 Å². The van der Waals surface area contributed by atoms with Crippen molar-refractivity contribution in [1.29, 1.82) is 0 Å². The van der Waals surface area contributed by atoms with Gasteiger partial charge in [0.1, 0.15) is 21.5 Å². The molecule has 1 aromatic rings. The lowest BCUT2D eigenvalue weighted by Crippen LogP contribution is -2.26. The number of benzene rings is 1. The first-order chi connectivity index (χ1) is 7.79. The number of nitrogens with two attached hydrogens (primary N) is 1. The minimum atomic E-state index is -3.10. The van der Waals surface area contributed by atoms with Crippen LogP contribution in [-0.4, -0.2) is 26.5 Å². The minimum Gasteiger partial charge on any atom is -0.327 e. The molecule has 0 saturated carbocycles. The zero-order valence-corrected chi connectivity index (χ0v) is 10.3. The maximum absolute atomic E-state index is 13.3. The SMILES string of the molecule is CS(=O)(=O)CCC(N)Cc1c(F)cccc1F. The number of halogens is 2. The molecule has 1 aromatic carbocycles. The predicted octanol–water partition coefficient (Wildman–Crippen LogP) is 1.27. The van der Waals surface area contributed by atoms with Crippen LogP contribution < -0.4 is 5.73 Å². The van der Waals surface area contributed by atoms with E-state index in [-0.39, 0.29) is 24.2 Å². The highest BCUT2D eigenvalue weighted by Crippen LogP contribution is 2.14. The number of sulfone groups is 1. The predicted molar refractivity (Wildman–Crippen MR) is 62.4 cm³/mol. The Bertz CT molecular complexity index is 468. The molecule has 1 rings (SSSR count). The second-order valence-corrected chi connectivity index (χ2v) is 6.34. The summed E-state index contributed by atoms with van der Waals surface area (Å²) in [5.74, 6) is -1.39. The van der Waals surface area contributed by atoms with Gasteiger partial charge in [0.2, 0.25) is 0 Å². The van der Waals surface area contributed by atoms with Crippen molar-refractivity contribution in [2.45, 2.75) is 18.9 Å². The fourth-order valence-electron chi connectivity index (χ4n) is 1.46. The molecular weight excluding hydrogens is 248 g/mol. The van der Waals surface area contributed by atoms with Gasteiger partial charge in [-0.3, -0.25) is 0 Å². The van der Waals surface area contributed by atoms with Gasteiger partial charge in [0, 0.05) is 17.9 Å². The van der Waals surface area contributed by atoms with E-state index in [1.54, 1.807) is 0 Å². The molecule has 3 nitrogen and oxygen atoms in total. The largest absolute Gasteiger partial charge is 0.327 e. The van der Waals surface area contributed by atoms with Crippen molar-refractivity contribution in [3.63, 3.8) is 0 Å². The zero-order chi connectivity index (χ0) is 13.1. The van der Waals surface area contributed by atoms with Crippen LogP contribution in [0.25, 0.3) is 0 Å². The summed E-state index contributed by atoms with van der Waals surface area (Å²) in [6.45, 7) is 0. The van der Waals surface area contributed by atoms with Gasteiger partial charge in [0.25, 0.3) is 0 Å². The number of hydrogen-bond donors (Lipinski definition) is 1. The third-order valence-electron chi connectivity index (χ3n) is 2.39. The average molecular weight is 263 g/mol. The van der Waals surface area contributed by atoms with Gasteiger partial charge in [-0.15, -0.1) is 0 Å². The van der Waals surface area contributed by atoms with Crippen LogP contribution in [0.5, 0.6) is 0 Å². The molecule has 0 saturated heterocycles. The highest BCUT2D eigenvalue weighted by Gasteiger charge is 2.14. The fraction of sp³-hybridized carbons (Fsp3) is 0.455. The molecule has 0 aromatic heterocycles. The summed E-state index contributed by atoms with van der Waals surface area (Å²) < 4.78 is 48.4. The molecule has 0 fully saturated rings. The first kappa shape index (κ1) is 14.1. The Hall–Kier alpha value is -1.01. The van der Waals surface area contributed by atoms with Crippen LogP contribution in [0.2, 0.25) is 0 Å². The van der Waals surface area contributed by atoms with E-state index >= 15 is 0 Å². The summed E-state index contributed by atoms with van der Waals surface area (Å²) in [6, 6.07) is 3.01. The van der Waals surface area contributed by atoms with Crippen molar-refractivity contribution >= 4 is 9.84 Å². The summed E-state index contributed by atoms with van der Waals surface area (Å²) in [6.07, 6.45) is 1.28. The summed E-state index contributed by atoms with van der Waals surface area (Å²) >= 11 is 0. The van der Waals surface area contributed by atoms with Gasteiger partial charge in [-0.25, -0.2) is 17.2 Å². The van der Waals surface area contributed by atoms with Gasteiger partial charge in [0.05, 0.1) is 5.75 Å². The van der Waals surface area contributed by atoms with E-state index in [0.29, 0.717) is 0 Å². The number of rotatable bonds is 5. The Morgan fingerprint density at radius 1 is 1.29 bits per heavy atom. The molecule has 0 aliphatic heterocycles. The highest BCUT2D eigenvalue weighted by atomic mass is 32.2. The van der Waals surface area contributed by atoms with Crippen LogP contribution >= 0.6 is 0 Å². The van der Waals surface area contributed by atoms with Crippen LogP contribution in [0.15, 0.2) is 18.2 Å². The zero-order valence-electron chi connectivity index (χ0n) is 9.49. The van der Waals surface area contributed by atoms with Gasteiger partial charge in [-0.1, -0.05) is 6.07 Å². The molecule has 6 heteroatoms. The summed E-state index contributed by atoms with van der Waals surface area (Å²) in [5.41, 5.74) is 5.56. The molecule has 1 unspecified atom stereocenters. The second-order valence-electron chi connectivity index (χ2n) is 4.08. The van der Waals surface area contributed by atoms with E-state index in [1.807, 2.05) is 0 Å². The third-order valence-corrected chi connectivity index (χ3v) is 3.36. The topological polar surface area (TPSA) is 60.2 Å². The van der Waals surface area contributed by atoms with Gasteiger partial charge in [-0.2, -0.15) is 0 Å². The van der Waals surface area contributed by atoms with Gasteiger partial charge in [-0.05, 0) is 25.0 Å². The lowest BCUT2D eigenvalue weighted by atomic mass is 10.0. The number of hydrogen-bond acceptors (Lipinski definition) is 3. The highest BCUT2D eigenvalue weighted by molar-refractivity contribution is 7.90. The second kappa shape index (κ2) is 5.55. The van der Waals surface area contributed by atoms with Crippen LogP contribution in [0.1, 0.15) is 12.0 Å². The van der Waals surface area contributed by atoms with E-state index in [4.69, 9.17) is 5.73 Å². The molecule has 1 atom stereocenters. The third kappa shape index (κ3) is 4.79. The van der Waals surface area contributed by atoms with Crippen molar-refractivity contribution in [2.24, 2.45) is 5.73 Å². The first-order valence-corrected chi connectivity index (χ1v) is 7.22. The van der Waals surface area contributed by atoms with E-state index in [0.717, 1.165) is 18.4 Å². The van der Waals surface area contributed by atoms with E-state index < -0.39 is 27.5 Å². The normalized spacial score (nSPS) is 13.6. The molecule has 0 spiro atoms. The lowest BCUT2D eigenvalue weighted by molar-refractivity contribution is 0.529. The van der Waals surface area contributed by atoms with Crippen molar-refractivity contribution in [2.75, 3.05) is 12.0 Å². The monoisotopic (exact) mass is 263 g/mol. The molecule has 0 aliphatic carbocycles. The van der Waals surface area contributed by atoms with Crippen LogP contribution in [0.4, 0.5) is 8.78 Å². The van der Waals surface area contributed by atoms with Crippen LogP contribution in [0, 0.1) is 11.6 Å². The maximum atomic E-state index is 13.3. The van der Waals surface area contributed by atoms with Gasteiger partial charge < -0.3 is 5.73 Å². The van der Waals surface area contributed by atoms with Crippen LogP contribution in [0.3, 0.4) is 0 Å². The van der Waals surface area contributed by atoms with Gasteiger partial charge in [0.15, 0.2) is 0 Å². The summed E-state index contributed by atoms with van der Waals surface area (Å²) in [5, 5.41) is 0. The van der Waals surface area contributed by atoms with Crippen LogP contribution in [-0.2, 0) is 16.3 Å². The molecular formula is C11H15F2NO2S. The Morgan fingerprint density at radius 3 is 2.29 bits per heavy atom. The van der Waals surface area contributed by atoms with E-state index in [2.05, 4.69) is 0 Å². The molecule has 0 aliphatic rings. The standard InChI is InChI=1S/C11H15F2NO2S/c1-17(15,16)6-5-8(14)7-9-10(12)3-2-4-11(9)13/h2-4,8H,5-7,14H2,1H3. The minimum absolute atomic E-state index is 0.00593. The van der Waals surface area contributed by atoms with Crippen molar-refractivity contribution in [3.8, 4) is 0 Å². The Labute approximate surface area is 99.6 Å². The lowest BCUT2D eigenvalue weighted by Gasteiger charge is -2.12. The van der Waals surface area contributed by atoms with Crippen molar-refractivity contribution in [3.05, 3.63) is 35.4 Å². The average Bonchev–Trinajstić information content (AvgIpc) is 2.20. The molecule has 0 amide bonds. The Kier molecular flexibility index (Phi) is 4.59. The van der Waals surface area contributed by atoms with E-state index in [1.165, 1.54) is 6.07 Å². The fourth-order valence-corrected chi connectivity index (χ4v) is 2.19. The smallest absolute Gasteiger partial charge is 0.147 e. The maximum Gasteiger partial charge on any atom is 0.147 e. The first-order valence-electron chi connectivity index (χ1n) is 5.16. The Morgan fingerprint density at radius 2 is 1.82 bits per heavy atom. The molecule has 2 N–H and O–H groups in total. The molecule has 0 heterocycles. The van der Waals surface area contributed by atoms with Crippen molar-refractivity contribution in [1.82, 2.24) is 0 Å². The Balaban J connectivity index is 2.65. The quantitative estimate of drug-likeness (QED) is 0.870. The van der Waals surface area contributed by atoms with E-state index in [9.17, 15) is 17.2 Å². The summed E-state index contributed by atoms with van der Waals surface area (Å²) in [7, 11) is -3.10. The molecule has 17 heavy (non-hydrogen) atoms. The summed E-state index contributed by atoms with van der Waals surface area (Å²) in [4.78, 5) is 0. The molecule has 0 bridgehead atoms. The van der Waals surface area contributed by atoms with Crippen molar-refractivity contribution < 1.29 is 17.2 Å².